The van der Waals surface area contributed by atoms with Crippen LogP contribution >= 0.6 is 11.3 Å². The second-order valence-electron chi connectivity index (χ2n) is 7.45. The number of piperidine rings is 1. The predicted octanol–water partition coefficient (Wildman–Crippen LogP) is 2.25. The average molecular weight is 404 g/mol. The second-order valence-corrected chi connectivity index (χ2v) is 8.52. The van der Waals surface area contributed by atoms with Gasteiger partial charge in [0.05, 0.1) is 16.4 Å². The molecule has 1 aliphatic rings. The topological polar surface area (TPSA) is 80.1 Å². The maximum absolute atomic E-state index is 12.5. The van der Waals surface area contributed by atoms with Gasteiger partial charge in [-0.05, 0) is 39.7 Å². The number of thiazole rings is 1. The van der Waals surface area contributed by atoms with Gasteiger partial charge in [-0.1, -0.05) is 0 Å². The first kappa shape index (κ1) is 20.5. The molecule has 0 bridgehead atoms. The van der Waals surface area contributed by atoms with Gasteiger partial charge in [-0.15, -0.1) is 11.3 Å². The van der Waals surface area contributed by atoms with Gasteiger partial charge in [0, 0.05) is 56.0 Å². The maximum atomic E-state index is 12.5. The first-order valence-corrected chi connectivity index (χ1v) is 10.8. The normalized spacial score (nSPS) is 15.0. The fourth-order valence-electron chi connectivity index (χ4n) is 3.63. The zero-order valence-corrected chi connectivity index (χ0v) is 17.7. The molecule has 7 nitrogen and oxygen atoms in total. The van der Waals surface area contributed by atoms with E-state index in [0.29, 0.717) is 32.6 Å². The first-order valence-electron chi connectivity index (χ1n) is 9.90. The lowest BCUT2D eigenvalue weighted by Gasteiger charge is -2.31. The summed E-state index contributed by atoms with van der Waals surface area (Å²) in [6.07, 6.45) is 2.67. The van der Waals surface area contributed by atoms with Crippen LogP contribution in [0.4, 0.5) is 0 Å². The molecule has 2 aromatic heterocycles. The van der Waals surface area contributed by atoms with Gasteiger partial charge in [0.2, 0.25) is 11.8 Å². The summed E-state index contributed by atoms with van der Waals surface area (Å²) in [6, 6.07) is 2.02. The van der Waals surface area contributed by atoms with Crippen LogP contribution in [0.3, 0.4) is 0 Å². The van der Waals surface area contributed by atoms with E-state index in [1.807, 2.05) is 41.8 Å². The zero-order chi connectivity index (χ0) is 20.1. The van der Waals surface area contributed by atoms with Gasteiger partial charge < -0.3 is 10.2 Å². The molecular formula is C20H29N5O2S. The van der Waals surface area contributed by atoms with Crippen LogP contribution in [0.25, 0.3) is 0 Å². The number of nitrogens with zero attached hydrogens (tertiary/aromatic N) is 4. The first-order chi connectivity index (χ1) is 13.4. The number of likely N-dealkylation sites (tertiary alicyclic amines) is 1. The van der Waals surface area contributed by atoms with Crippen LogP contribution in [0.2, 0.25) is 0 Å². The third kappa shape index (κ3) is 5.41. The van der Waals surface area contributed by atoms with Crippen molar-refractivity contribution in [2.24, 2.45) is 5.92 Å². The number of aryl methyl sites for hydroxylation is 4. The summed E-state index contributed by atoms with van der Waals surface area (Å²) >= 11 is 1.63. The van der Waals surface area contributed by atoms with Gasteiger partial charge in [-0.25, -0.2) is 4.98 Å². The van der Waals surface area contributed by atoms with Gasteiger partial charge in [-0.2, -0.15) is 5.10 Å². The Kier molecular flexibility index (Phi) is 6.83. The molecule has 3 rings (SSSR count). The SMILES string of the molecule is Cc1cc(C)n(CCC(=O)N2CCC(C(=O)NCCc3csc(C)n3)CC2)n1. The number of hydrogen-bond donors (Lipinski definition) is 1. The van der Waals surface area contributed by atoms with Gasteiger partial charge in [0.15, 0.2) is 0 Å². The minimum Gasteiger partial charge on any atom is -0.355 e. The van der Waals surface area contributed by atoms with Crippen molar-refractivity contribution in [3.63, 3.8) is 0 Å². The lowest BCUT2D eigenvalue weighted by molar-refractivity contribution is -0.135. The van der Waals surface area contributed by atoms with Gasteiger partial charge in [0.1, 0.15) is 0 Å². The van der Waals surface area contributed by atoms with Crippen LogP contribution < -0.4 is 5.32 Å². The highest BCUT2D eigenvalue weighted by molar-refractivity contribution is 7.09. The maximum Gasteiger partial charge on any atom is 0.224 e. The highest BCUT2D eigenvalue weighted by atomic mass is 32.1. The molecule has 1 aliphatic heterocycles. The Morgan fingerprint density at radius 2 is 2.00 bits per heavy atom. The Morgan fingerprint density at radius 1 is 1.25 bits per heavy atom. The number of rotatable bonds is 7. The zero-order valence-electron chi connectivity index (χ0n) is 16.9. The van der Waals surface area contributed by atoms with Crippen LogP contribution in [0.15, 0.2) is 11.4 Å². The van der Waals surface area contributed by atoms with Crippen molar-refractivity contribution in [3.8, 4) is 0 Å². The molecular weight excluding hydrogens is 374 g/mol. The summed E-state index contributed by atoms with van der Waals surface area (Å²) < 4.78 is 1.89. The van der Waals surface area contributed by atoms with Gasteiger partial charge in [0.25, 0.3) is 0 Å². The van der Waals surface area contributed by atoms with E-state index in [1.165, 1.54) is 0 Å². The van der Waals surface area contributed by atoms with Crippen molar-refractivity contribution >= 4 is 23.2 Å². The molecule has 2 aromatic rings. The smallest absolute Gasteiger partial charge is 0.224 e. The van der Waals surface area contributed by atoms with Gasteiger partial charge >= 0.3 is 0 Å². The summed E-state index contributed by atoms with van der Waals surface area (Å²) in [7, 11) is 0. The number of carbonyl (C=O) groups excluding carboxylic acids is 2. The molecule has 0 saturated carbocycles. The molecule has 8 heteroatoms. The van der Waals surface area contributed by atoms with Crippen LogP contribution in [-0.2, 0) is 22.6 Å². The Morgan fingerprint density at radius 3 is 2.61 bits per heavy atom. The molecule has 0 unspecified atom stereocenters. The molecule has 0 aliphatic carbocycles. The Balaban J connectivity index is 1.36. The fraction of sp³-hybridized carbons (Fsp3) is 0.600. The monoisotopic (exact) mass is 403 g/mol. The minimum absolute atomic E-state index is 0.00257. The van der Waals surface area contributed by atoms with E-state index in [1.54, 1.807) is 11.3 Å². The van der Waals surface area contributed by atoms with E-state index < -0.39 is 0 Å². The van der Waals surface area contributed by atoms with Crippen LogP contribution in [0, 0.1) is 26.7 Å². The van der Waals surface area contributed by atoms with Crippen molar-refractivity contribution < 1.29 is 9.59 Å². The van der Waals surface area contributed by atoms with Gasteiger partial charge in [-0.3, -0.25) is 14.3 Å². The summed E-state index contributed by atoms with van der Waals surface area (Å²) in [6.45, 7) is 8.47. The molecule has 0 radical (unpaired) electrons. The summed E-state index contributed by atoms with van der Waals surface area (Å²) in [4.78, 5) is 31.1. The van der Waals surface area contributed by atoms with E-state index in [-0.39, 0.29) is 17.7 Å². The summed E-state index contributed by atoms with van der Waals surface area (Å²) in [5.41, 5.74) is 3.08. The van der Waals surface area contributed by atoms with Crippen LogP contribution in [-0.4, -0.2) is 51.1 Å². The third-order valence-corrected chi connectivity index (χ3v) is 6.03. The molecule has 0 spiro atoms. The van der Waals surface area contributed by atoms with Crippen LogP contribution in [0.5, 0.6) is 0 Å². The number of aromatic nitrogens is 3. The second kappa shape index (κ2) is 9.32. The highest BCUT2D eigenvalue weighted by Crippen LogP contribution is 2.18. The molecule has 3 heterocycles. The lowest BCUT2D eigenvalue weighted by Crippen LogP contribution is -2.43. The summed E-state index contributed by atoms with van der Waals surface area (Å²) in [5, 5.41) is 10.5. The Labute approximate surface area is 170 Å². The molecule has 2 amide bonds. The minimum atomic E-state index is -0.00257. The number of hydrogen-bond acceptors (Lipinski definition) is 5. The molecule has 1 N–H and O–H groups in total. The fourth-order valence-corrected chi connectivity index (χ4v) is 4.28. The van der Waals surface area contributed by atoms with E-state index in [0.717, 1.165) is 41.4 Å². The molecule has 1 fully saturated rings. The average Bonchev–Trinajstić information content (AvgIpc) is 3.23. The largest absolute Gasteiger partial charge is 0.355 e. The standard InChI is InChI=1S/C20H29N5O2S/c1-14-12-15(2)25(23-14)11-7-19(26)24-9-5-17(6-10-24)20(27)21-8-4-18-13-28-16(3)22-18/h12-13,17H,4-11H2,1-3H3,(H,21,27). The quantitative estimate of drug-likeness (QED) is 0.769. The Bertz CT molecular complexity index is 820. The van der Waals surface area contributed by atoms with Crippen LogP contribution in [0.1, 0.15) is 41.4 Å². The number of nitrogens with one attached hydrogen (secondary N) is 1. The molecule has 0 atom stereocenters. The number of amides is 2. The van der Waals surface area contributed by atoms with Crippen molar-refractivity contribution in [3.05, 3.63) is 33.5 Å². The molecule has 0 aromatic carbocycles. The van der Waals surface area contributed by atoms with E-state index in [9.17, 15) is 9.59 Å². The number of carbonyl (C=O) groups is 2. The van der Waals surface area contributed by atoms with E-state index >= 15 is 0 Å². The van der Waals surface area contributed by atoms with Crippen molar-refractivity contribution in [1.82, 2.24) is 25.0 Å². The third-order valence-electron chi connectivity index (χ3n) is 5.21. The van der Waals surface area contributed by atoms with E-state index in [2.05, 4.69) is 15.4 Å². The summed E-state index contributed by atoms with van der Waals surface area (Å²) in [5.74, 6) is 0.240. The predicted molar refractivity (Wildman–Crippen MR) is 109 cm³/mol. The molecule has 28 heavy (non-hydrogen) atoms. The Hall–Kier alpha value is -2.22. The molecule has 152 valence electrons. The lowest BCUT2D eigenvalue weighted by atomic mass is 9.95. The molecule has 1 saturated heterocycles. The van der Waals surface area contributed by atoms with Crippen molar-refractivity contribution in [2.75, 3.05) is 19.6 Å². The van der Waals surface area contributed by atoms with E-state index in [4.69, 9.17) is 0 Å². The van der Waals surface area contributed by atoms with Crippen molar-refractivity contribution in [1.29, 1.82) is 0 Å². The highest BCUT2D eigenvalue weighted by Gasteiger charge is 2.27. The van der Waals surface area contributed by atoms with Crippen molar-refractivity contribution in [2.45, 2.75) is 53.0 Å².